The van der Waals surface area contributed by atoms with E-state index in [1.807, 2.05) is 11.9 Å². The van der Waals surface area contributed by atoms with Gasteiger partial charge in [-0.15, -0.1) is 6.58 Å². The van der Waals surface area contributed by atoms with Gasteiger partial charge in [0.1, 0.15) is 11.2 Å². The van der Waals surface area contributed by atoms with Crippen molar-refractivity contribution in [2.75, 3.05) is 39.8 Å². The van der Waals surface area contributed by atoms with Crippen LogP contribution in [0.3, 0.4) is 0 Å². The fourth-order valence-electron chi connectivity index (χ4n) is 3.62. The number of likely N-dealkylation sites (N-methyl/N-ethyl adjacent to an activating group) is 1. The van der Waals surface area contributed by atoms with Crippen LogP contribution in [0, 0.1) is 0 Å². The van der Waals surface area contributed by atoms with Crippen molar-refractivity contribution in [1.82, 2.24) is 24.7 Å². The number of rotatable bonds is 3. The molecule has 3 rings (SSSR count). The van der Waals surface area contributed by atoms with Crippen molar-refractivity contribution in [2.24, 2.45) is 0 Å². The Morgan fingerprint density at radius 2 is 2.04 bits per heavy atom. The van der Waals surface area contributed by atoms with E-state index >= 15 is 0 Å². The number of nitrogens with zero attached hydrogens (tertiary/aromatic N) is 5. The summed E-state index contributed by atoms with van der Waals surface area (Å²) in [6.07, 6.45) is 7.60. The van der Waals surface area contributed by atoms with Gasteiger partial charge >= 0.3 is 0 Å². The summed E-state index contributed by atoms with van der Waals surface area (Å²) in [4.78, 5) is 39.3. The van der Waals surface area contributed by atoms with Gasteiger partial charge in [0.05, 0.1) is 6.20 Å². The molecule has 128 valence electrons. The molecule has 0 bridgehead atoms. The minimum atomic E-state index is -0.500. The van der Waals surface area contributed by atoms with Gasteiger partial charge in [-0.25, -0.2) is 4.98 Å². The highest BCUT2D eigenvalue weighted by Crippen LogP contribution is 2.33. The summed E-state index contributed by atoms with van der Waals surface area (Å²) in [6, 6.07) is 0. The first-order valence-corrected chi connectivity index (χ1v) is 8.25. The average molecular weight is 329 g/mol. The second-order valence-corrected chi connectivity index (χ2v) is 6.38. The number of hydrogen-bond acceptors (Lipinski definition) is 5. The Balaban J connectivity index is 1.72. The van der Waals surface area contributed by atoms with Crippen LogP contribution in [0.25, 0.3) is 0 Å². The van der Waals surface area contributed by atoms with E-state index in [0.717, 1.165) is 13.1 Å². The minimum Gasteiger partial charge on any atom is -0.337 e. The van der Waals surface area contributed by atoms with Gasteiger partial charge in [-0.3, -0.25) is 19.5 Å². The number of amides is 2. The molecule has 0 radical (unpaired) electrons. The lowest BCUT2D eigenvalue weighted by molar-refractivity contribution is -0.153. The Kier molecular flexibility index (Phi) is 4.62. The third kappa shape index (κ3) is 2.80. The fraction of sp³-hybridized carbons (Fsp3) is 0.529. The first kappa shape index (κ1) is 16.6. The summed E-state index contributed by atoms with van der Waals surface area (Å²) in [5.41, 5.74) is -0.148. The molecule has 2 amide bonds. The van der Waals surface area contributed by atoms with Crippen molar-refractivity contribution in [1.29, 1.82) is 0 Å². The molecule has 0 aliphatic carbocycles. The summed E-state index contributed by atoms with van der Waals surface area (Å²) in [5, 5.41) is 0. The Morgan fingerprint density at radius 1 is 1.29 bits per heavy atom. The summed E-state index contributed by atoms with van der Waals surface area (Å²) < 4.78 is 0. The molecule has 1 aromatic rings. The molecular formula is C17H23N5O2. The largest absolute Gasteiger partial charge is 0.337 e. The van der Waals surface area contributed by atoms with E-state index < -0.39 is 5.54 Å². The molecule has 1 aromatic heterocycles. The topological polar surface area (TPSA) is 69.6 Å². The predicted octanol–water partition coefficient (Wildman–Crippen LogP) is 0.411. The first-order valence-electron chi connectivity index (χ1n) is 8.25. The van der Waals surface area contributed by atoms with E-state index in [0.29, 0.717) is 38.2 Å². The normalized spacial score (nSPS) is 21.1. The fourth-order valence-corrected chi connectivity index (χ4v) is 3.62. The maximum Gasteiger partial charge on any atom is 0.274 e. The molecule has 0 saturated carbocycles. The van der Waals surface area contributed by atoms with Crippen molar-refractivity contribution in [3.63, 3.8) is 0 Å². The molecular weight excluding hydrogens is 306 g/mol. The van der Waals surface area contributed by atoms with Crippen LogP contribution in [0.4, 0.5) is 0 Å². The molecule has 2 fully saturated rings. The second kappa shape index (κ2) is 6.68. The van der Waals surface area contributed by atoms with Gasteiger partial charge in [0.25, 0.3) is 5.91 Å². The first-order chi connectivity index (χ1) is 11.6. The number of likely N-dealkylation sites (tertiary alicyclic amines) is 1. The summed E-state index contributed by atoms with van der Waals surface area (Å²) in [7, 11) is 2.00. The van der Waals surface area contributed by atoms with Gasteiger partial charge < -0.3 is 9.80 Å². The maximum atomic E-state index is 13.0. The molecule has 2 aliphatic rings. The van der Waals surface area contributed by atoms with Crippen LogP contribution in [0.15, 0.2) is 31.2 Å². The third-order valence-corrected chi connectivity index (χ3v) is 5.13. The lowest BCUT2D eigenvalue weighted by atomic mass is 9.82. The Bertz CT molecular complexity index is 625. The van der Waals surface area contributed by atoms with Gasteiger partial charge in [0, 0.05) is 45.1 Å². The monoisotopic (exact) mass is 329 g/mol. The number of carbonyl (C=O) groups excluding carboxylic acids is 2. The van der Waals surface area contributed by atoms with Crippen molar-refractivity contribution >= 4 is 11.8 Å². The highest BCUT2D eigenvalue weighted by Gasteiger charge is 2.49. The molecule has 1 spiro atoms. The number of aromatic nitrogens is 2. The van der Waals surface area contributed by atoms with Crippen molar-refractivity contribution in [3.05, 3.63) is 36.9 Å². The van der Waals surface area contributed by atoms with E-state index in [9.17, 15) is 9.59 Å². The molecule has 2 aliphatic heterocycles. The number of piperidine rings is 1. The lowest BCUT2D eigenvalue weighted by Crippen LogP contribution is -2.67. The van der Waals surface area contributed by atoms with Gasteiger partial charge in [-0.2, -0.15) is 0 Å². The number of hydrogen-bond donors (Lipinski definition) is 0. The molecule has 7 heteroatoms. The Labute approximate surface area is 142 Å². The van der Waals surface area contributed by atoms with E-state index in [1.165, 1.54) is 12.4 Å². The van der Waals surface area contributed by atoms with E-state index in [4.69, 9.17) is 0 Å². The quantitative estimate of drug-likeness (QED) is 0.752. The highest BCUT2D eigenvalue weighted by atomic mass is 16.2. The summed E-state index contributed by atoms with van der Waals surface area (Å²) in [6.45, 7) is 6.99. The molecule has 3 heterocycles. The van der Waals surface area contributed by atoms with E-state index in [1.54, 1.807) is 17.2 Å². The molecule has 0 unspecified atom stereocenters. The van der Waals surface area contributed by atoms with Gasteiger partial charge in [0.2, 0.25) is 5.91 Å². The molecule has 0 N–H and O–H groups in total. The zero-order valence-electron chi connectivity index (χ0n) is 14.0. The van der Waals surface area contributed by atoms with Crippen molar-refractivity contribution in [3.8, 4) is 0 Å². The molecule has 0 atom stereocenters. The maximum absolute atomic E-state index is 13.0. The Morgan fingerprint density at radius 3 is 2.67 bits per heavy atom. The minimum absolute atomic E-state index is 0.119. The van der Waals surface area contributed by atoms with Gasteiger partial charge in [-0.05, 0) is 19.9 Å². The van der Waals surface area contributed by atoms with Crippen molar-refractivity contribution in [2.45, 2.75) is 18.4 Å². The number of piperazine rings is 1. The van der Waals surface area contributed by atoms with Crippen LogP contribution in [-0.2, 0) is 4.79 Å². The van der Waals surface area contributed by atoms with Crippen molar-refractivity contribution < 1.29 is 9.59 Å². The van der Waals surface area contributed by atoms with E-state index in [-0.39, 0.29) is 11.8 Å². The van der Waals surface area contributed by atoms with Crippen LogP contribution in [-0.4, -0.2) is 81.8 Å². The Hall–Kier alpha value is -2.28. The summed E-state index contributed by atoms with van der Waals surface area (Å²) in [5.74, 6) is 0.0366. The number of carbonyl (C=O) groups is 2. The highest BCUT2D eigenvalue weighted by molar-refractivity contribution is 5.93. The van der Waals surface area contributed by atoms with Crippen LogP contribution in [0.5, 0.6) is 0 Å². The zero-order valence-corrected chi connectivity index (χ0v) is 14.0. The molecule has 2 saturated heterocycles. The van der Waals surface area contributed by atoms with Gasteiger partial charge in [-0.1, -0.05) is 6.08 Å². The smallest absolute Gasteiger partial charge is 0.274 e. The molecule has 0 aromatic carbocycles. The van der Waals surface area contributed by atoms with E-state index in [2.05, 4.69) is 21.4 Å². The molecule has 24 heavy (non-hydrogen) atoms. The average Bonchev–Trinajstić information content (AvgIpc) is 2.63. The summed E-state index contributed by atoms with van der Waals surface area (Å²) >= 11 is 0. The lowest BCUT2D eigenvalue weighted by Gasteiger charge is -2.51. The van der Waals surface area contributed by atoms with Crippen LogP contribution >= 0.6 is 0 Å². The predicted molar refractivity (Wildman–Crippen MR) is 89.3 cm³/mol. The standard InChI is InChI=1S/C17H23N5O2/c1-3-8-22-12-11-20(2)17(16(22)24)4-9-21(10-5-17)15(23)14-13-18-6-7-19-14/h3,6-7,13H,1,4-5,8-12H2,2H3. The van der Waals surface area contributed by atoms with Crippen LogP contribution in [0.1, 0.15) is 23.3 Å². The third-order valence-electron chi connectivity index (χ3n) is 5.13. The van der Waals surface area contributed by atoms with Crippen LogP contribution < -0.4 is 0 Å². The zero-order chi connectivity index (χ0) is 17.2. The second-order valence-electron chi connectivity index (χ2n) is 6.38. The SMILES string of the molecule is C=CCN1CCN(C)C2(CCN(C(=O)c3cnccn3)CC2)C1=O. The van der Waals surface area contributed by atoms with Crippen LogP contribution in [0.2, 0.25) is 0 Å². The van der Waals surface area contributed by atoms with Gasteiger partial charge in [0.15, 0.2) is 0 Å². The molecule has 7 nitrogen and oxygen atoms in total.